The fourth-order valence-corrected chi connectivity index (χ4v) is 3.79. The van der Waals surface area contributed by atoms with Crippen molar-refractivity contribution in [1.29, 1.82) is 0 Å². The first kappa shape index (κ1) is 14.0. The molecule has 2 aromatic heterocycles. The molecule has 116 valence electrons. The van der Waals surface area contributed by atoms with Gasteiger partial charge in [-0.05, 0) is 38.3 Å². The lowest BCUT2D eigenvalue weighted by Gasteiger charge is -2.50. The molecular weight excluding hydrogens is 302 g/mol. The molecule has 3 heterocycles. The Balaban J connectivity index is 1.69. The molecule has 6 heteroatoms. The van der Waals surface area contributed by atoms with E-state index in [1.54, 1.807) is 4.40 Å². The van der Waals surface area contributed by atoms with Gasteiger partial charge >= 0.3 is 0 Å². The van der Waals surface area contributed by atoms with E-state index in [0.29, 0.717) is 24.4 Å². The maximum absolute atomic E-state index is 13.0. The van der Waals surface area contributed by atoms with E-state index >= 15 is 0 Å². The van der Waals surface area contributed by atoms with Gasteiger partial charge in [0.2, 0.25) is 0 Å². The van der Waals surface area contributed by atoms with Crippen LogP contribution in [0.5, 0.6) is 0 Å². The molecule has 4 rings (SSSR count). The van der Waals surface area contributed by atoms with E-state index in [4.69, 9.17) is 16.3 Å². The van der Waals surface area contributed by atoms with Crippen molar-refractivity contribution in [1.82, 2.24) is 14.3 Å². The fourth-order valence-electron chi connectivity index (χ4n) is 3.53. The highest BCUT2D eigenvalue weighted by atomic mass is 35.5. The lowest BCUT2D eigenvalue weighted by Crippen LogP contribution is -2.59. The molecule has 2 aliphatic rings. The number of hydrogen-bond donors (Lipinski definition) is 0. The summed E-state index contributed by atoms with van der Waals surface area (Å²) in [6.45, 7) is 3.26. The highest BCUT2D eigenvalue weighted by Crippen LogP contribution is 2.40. The number of hydrogen-bond acceptors (Lipinski definition) is 3. The molecule has 0 radical (unpaired) electrons. The van der Waals surface area contributed by atoms with Crippen molar-refractivity contribution < 1.29 is 9.53 Å². The molecule has 1 spiro atoms. The Morgan fingerprint density at radius 1 is 1.45 bits per heavy atom. The third kappa shape index (κ3) is 2.11. The SMILES string of the molecule is CC1CN(C(=O)c2c(Cl)nc3ccccn23)CC2(CCC2)O1. The second-order valence-corrected chi connectivity index (χ2v) is 6.69. The van der Waals surface area contributed by atoms with Crippen LogP contribution in [0.3, 0.4) is 0 Å². The Kier molecular flexibility index (Phi) is 3.16. The number of carbonyl (C=O) groups is 1. The Morgan fingerprint density at radius 2 is 2.27 bits per heavy atom. The van der Waals surface area contributed by atoms with Gasteiger partial charge in [-0.3, -0.25) is 9.20 Å². The molecule has 1 unspecified atom stereocenters. The third-order valence-electron chi connectivity index (χ3n) is 4.65. The molecule has 2 fully saturated rings. The summed E-state index contributed by atoms with van der Waals surface area (Å²) in [5, 5.41) is 0.262. The molecule has 1 saturated carbocycles. The molecule has 5 nitrogen and oxygen atoms in total. The van der Waals surface area contributed by atoms with Crippen LogP contribution >= 0.6 is 11.6 Å². The first-order chi connectivity index (χ1) is 10.6. The number of nitrogens with zero attached hydrogens (tertiary/aromatic N) is 3. The molecule has 0 aromatic carbocycles. The minimum absolute atomic E-state index is 0.0518. The maximum Gasteiger partial charge on any atom is 0.274 e. The number of ether oxygens (including phenoxy) is 1. The van der Waals surface area contributed by atoms with Crippen LogP contribution < -0.4 is 0 Å². The Hall–Kier alpha value is -1.59. The standard InChI is InChI=1S/C16H18ClN3O2/c1-11-9-19(10-16(22-11)6-4-7-16)15(21)13-14(17)18-12-5-2-3-8-20(12)13/h2-3,5,8,11H,4,6-7,9-10H2,1H3. The number of rotatable bonds is 1. The predicted molar refractivity (Wildman–Crippen MR) is 83.2 cm³/mol. The number of halogens is 1. The molecule has 2 aromatic rings. The van der Waals surface area contributed by atoms with E-state index in [-0.39, 0.29) is 22.8 Å². The normalized spacial score (nSPS) is 23.7. The van der Waals surface area contributed by atoms with Gasteiger partial charge in [0.15, 0.2) is 10.8 Å². The van der Waals surface area contributed by atoms with Crippen molar-refractivity contribution in [2.75, 3.05) is 13.1 Å². The van der Waals surface area contributed by atoms with E-state index in [1.165, 1.54) is 6.42 Å². The zero-order valence-electron chi connectivity index (χ0n) is 12.5. The minimum Gasteiger partial charge on any atom is -0.368 e. The Labute approximate surface area is 133 Å². The topological polar surface area (TPSA) is 46.8 Å². The summed E-state index contributed by atoms with van der Waals surface area (Å²) in [5.74, 6) is -0.0647. The Bertz CT molecular complexity index is 738. The molecule has 0 bridgehead atoms. The molecule has 1 saturated heterocycles. The van der Waals surface area contributed by atoms with Crippen molar-refractivity contribution >= 4 is 23.2 Å². The van der Waals surface area contributed by atoms with E-state index < -0.39 is 0 Å². The second kappa shape index (κ2) is 4.96. The van der Waals surface area contributed by atoms with Crippen molar-refractivity contribution in [2.24, 2.45) is 0 Å². The lowest BCUT2D eigenvalue weighted by molar-refractivity contribution is -0.176. The highest BCUT2D eigenvalue weighted by molar-refractivity contribution is 6.32. The van der Waals surface area contributed by atoms with Crippen molar-refractivity contribution in [3.63, 3.8) is 0 Å². The summed E-state index contributed by atoms with van der Waals surface area (Å²) in [6.07, 6.45) is 5.11. The van der Waals surface area contributed by atoms with Crippen molar-refractivity contribution in [2.45, 2.75) is 37.9 Å². The van der Waals surface area contributed by atoms with Crippen LogP contribution in [0.4, 0.5) is 0 Å². The number of pyridine rings is 1. The lowest BCUT2D eigenvalue weighted by atomic mass is 9.78. The molecule has 1 amide bonds. The zero-order chi connectivity index (χ0) is 15.3. The van der Waals surface area contributed by atoms with E-state index in [1.807, 2.05) is 36.2 Å². The van der Waals surface area contributed by atoms with Gasteiger partial charge in [0, 0.05) is 12.7 Å². The Morgan fingerprint density at radius 3 is 3.00 bits per heavy atom. The van der Waals surface area contributed by atoms with Gasteiger partial charge in [-0.25, -0.2) is 4.98 Å². The van der Waals surface area contributed by atoms with Gasteiger partial charge in [-0.15, -0.1) is 0 Å². The largest absolute Gasteiger partial charge is 0.368 e. The number of amides is 1. The molecule has 1 aliphatic heterocycles. The van der Waals surface area contributed by atoms with Crippen LogP contribution in [0.2, 0.25) is 5.15 Å². The smallest absolute Gasteiger partial charge is 0.274 e. The average molecular weight is 320 g/mol. The van der Waals surface area contributed by atoms with E-state index in [0.717, 1.165) is 12.8 Å². The highest BCUT2D eigenvalue weighted by Gasteiger charge is 2.46. The number of morpholine rings is 1. The van der Waals surface area contributed by atoms with Crippen LogP contribution in [-0.4, -0.2) is 45.0 Å². The summed E-state index contributed by atoms with van der Waals surface area (Å²) in [4.78, 5) is 19.1. The third-order valence-corrected chi connectivity index (χ3v) is 4.91. The molecule has 22 heavy (non-hydrogen) atoms. The fraction of sp³-hybridized carbons (Fsp3) is 0.500. The predicted octanol–water partition coefficient (Wildman–Crippen LogP) is 2.77. The van der Waals surface area contributed by atoms with Gasteiger partial charge in [0.25, 0.3) is 5.91 Å². The first-order valence-corrected chi connectivity index (χ1v) is 8.05. The van der Waals surface area contributed by atoms with Crippen molar-refractivity contribution in [3.05, 3.63) is 35.2 Å². The van der Waals surface area contributed by atoms with Crippen LogP contribution in [0.25, 0.3) is 5.65 Å². The average Bonchev–Trinajstić information content (AvgIpc) is 2.80. The maximum atomic E-state index is 13.0. The quantitative estimate of drug-likeness (QED) is 0.812. The van der Waals surface area contributed by atoms with Crippen molar-refractivity contribution in [3.8, 4) is 0 Å². The van der Waals surface area contributed by atoms with Crippen LogP contribution in [0.15, 0.2) is 24.4 Å². The van der Waals surface area contributed by atoms with Crippen LogP contribution in [0, 0.1) is 0 Å². The van der Waals surface area contributed by atoms with Gasteiger partial charge in [0.1, 0.15) is 5.65 Å². The van der Waals surface area contributed by atoms with Gasteiger partial charge in [-0.2, -0.15) is 0 Å². The number of aromatic nitrogens is 2. The van der Waals surface area contributed by atoms with Gasteiger partial charge in [-0.1, -0.05) is 17.7 Å². The van der Waals surface area contributed by atoms with Crippen LogP contribution in [0.1, 0.15) is 36.7 Å². The first-order valence-electron chi connectivity index (χ1n) is 7.68. The van der Waals surface area contributed by atoms with E-state index in [9.17, 15) is 4.79 Å². The second-order valence-electron chi connectivity index (χ2n) is 6.33. The monoisotopic (exact) mass is 319 g/mol. The number of carbonyl (C=O) groups excluding carboxylic acids is 1. The summed E-state index contributed by atoms with van der Waals surface area (Å²) in [7, 11) is 0. The molecular formula is C16H18ClN3O2. The number of fused-ring (bicyclic) bond motifs is 1. The molecule has 1 atom stereocenters. The zero-order valence-corrected chi connectivity index (χ0v) is 13.2. The molecule has 1 aliphatic carbocycles. The molecule has 0 N–H and O–H groups in total. The minimum atomic E-state index is -0.139. The van der Waals surface area contributed by atoms with Gasteiger partial charge < -0.3 is 9.64 Å². The van der Waals surface area contributed by atoms with Gasteiger partial charge in [0.05, 0.1) is 18.2 Å². The summed E-state index contributed by atoms with van der Waals surface area (Å²) >= 11 is 6.23. The van der Waals surface area contributed by atoms with E-state index in [2.05, 4.69) is 4.98 Å². The van der Waals surface area contributed by atoms with Crippen LogP contribution in [-0.2, 0) is 4.74 Å². The summed E-state index contributed by atoms with van der Waals surface area (Å²) in [5.41, 5.74) is 0.997. The summed E-state index contributed by atoms with van der Waals surface area (Å²) < 4.78 is 7.84. The number of imidazole rings is 1. The summed E-state index contributed by atoms with van der Waals surface area (Å²) in [6, 6.07) is 5.60.